The molecule has 0 spiro atoms. The molecule has 0 atom stereocenters. The minimum absolute atomic E-state index is 0.203. The molecule has 4 nitrogen and oxygen atoms in total. The van der Waals surface area contributed by atoms with E-state index in [1.807, 2.05) is 24.3 Å². The largest absolute Gasteiger partial charge is 0.466 e. The quantitative estimate of drug-likeness (QED) is 0.628. The lowest BCUT2D eigenvalue weighted by molar-refractivity contribution is -0.142. The molecular weight excluding hydrogens is 337 g/mol. The third-order valence-corrected chi connectivity index (χ3v) is 3.74. The number of carbonyl (C=O) groups is 1. The van der Waals surface area contributed by atoms with Crippen molar-refractivity contribution in [3.8, 4) is 11.5 Å². The van der Waals surface area contributed by atoms with Crippen molar-refractivity contribution >= 4 is 40.3 Å². The summed E-state index contributed by atoms with van der Waals surface area (Å²) in [6.45, 7) is 2.14. The van der Waals surface area contributed by atoms with E-state index in [4.69, 9.17) is 32.4 Å². The summed E-state index contributed by atoms with van der Waals surface area (Å²) >= 11 is 12.1. The Balaban J connectivity index is 1.95. The van der Waals surface area contributed by atoms with E-state index < -0.39 is 0 Å². The van der Waals surface area contributed by atoms with Gasteiger partial charge in [0.15, 0.2) is 5.58 Å². The Morgan fingerprint density at radius 1 is 1.26 bits per heavy atom. The van der Waals surface area contributed by atoms with Crippen LogP contribution in [0.2, 0.25) is 10.0 Å². The molecule has 3 rings (SSSR count). The third kappa shape index (κ3) is 3.49. The molecule has 0 radical (unpaired) electrons. The van der Waals surface area contributed by atoms with Gasteiger partial charge in [-0.1, -0.05) is 35.3 Å². The second kappa shape index (κ2) is 6.60. The first kappa shape index (κ1) is 15.8. The number of benzene rings is 2. The molecule has 1 aromatic heterocycles. The first-order valence-corrected chi connectivity index (χ1v) is 7.83. The number of ether oxygens (including phenoxy) is 1. The van der Waals surface area contributed by atoms with Crippen molar-refractivity contribution in [2.75, 3.05) is 6.61 Å². The van der Waals surface area contributed by atoms with E-state index in [0.29, 0.717) is 33.6 Å². The van der Waals surface area contributed by atoms with Gasteiger partial charge in [-0.05, 0) is 36.8 Å². The zero-order valence-corrected chi connectivity index (χ0v) is 13.8. The Bertz CT molecular complexity index is 873. The van der Waals surface area contributed by atoms with Gasteiger partial charge in [-0.25, -0.2) is 4.98 Å². The average Bonchev–Trinajstić information content (AvgIpc) is 2.92. The molecule has 0 bridgehead atoms. The van der Waals surface area contributed by atoms with Gasteiger partial charge in [0.25, 0.3) is 0 Å². The van der Waals surface area contributed by atoms with Crippen LogP contribution in [0.3, 0.4) is 0 Å². The summed E-state index contributed by atoms with van der Waals surface area (Å²) in [5.41, 5.74) is 2.66. The molecular formula is C17H13Cl2NO3. The van der Waals surface area contributed by atoms with Gasteiger partial charge in [-0.3, -0.25) is 4.79 Å². The van der Waals surface area contributed by atoms with Crippen LogP contribution < -0.4 is 0 Å². The zero-order chi connectivity index (χ0) is 16.4. The zero-order valence-electron chi connectivity index (χ0n) is 12.3. The summed E-state index contributed by atoms with van der Waals surface area (Å²) in [4.78, 5) is 16.0. The van der Waals surface area contributed by atoms with E-state index in [0.717, 1.165) is 11.1 Å². The third-order valence-electron chi connectivity index (χ3n) is 3.24. The highest BCUT2D eigenvalue weighted by Gasteiger charge is 2.13. The Morgan fingerprint density at radius 2 is 2.09 bits per heavy atom. The number of hydrogen-bond donors (Lipinski definition) is 0. The molecule has 23 heavy (non-hydrogen) atoms. The molecule has 0 N–H and O–H groups in total. The van der Waals surface area contributed by atoms with Crippen molar-refractivity contribution in [1.82, 2.24) is 4.98 Å². The minimum atomic E-state index is -0.267. The molecule has 0 aliphatic carbocycles. The van der Waals surface area contributed by atoms with E-state index in [2.05, 4.69) is 4.98 Å². The van der Waals surface area contributed by atoms with Gasteiger partial charge in [-0.15, -0.1) is 0 Å². The normalized spacial score (nSPS) is 10.9. The smallest absolute Gasteiger partial charge is 0.310 e. The predicted octanol–water partition coefficient (Wildman–Crippen LogP) is 4.91. The molecule has 3 aromatic rings. The SMILES string of the molecule is CCOC(=O)Cc1cccc(-c2nc3cc(Cl)cc(Cl)c3o2)c1. The maximum absolute atomic E-state index is 11.6. The van der Waals surface area contributed by atoms with E-state index in [9.17, 15) is 4.79 Å². The van der Waals surface area contributed by atoms with Crippen LogP contribution in [0, 0.1) is 0 Å². The van der Waals surface area contributed by atoms with Crippen molar-refractivity contribution in [3.05, 3.63) is 52.0 Å². The number of oxazole rings is 1. The summed E-state index contributed by atoms with van der Waals surface area (Å²) in [6.07, 6.45) is 0.203. The minimum Gasteiger partial charge on any atom is -0.466 e. The van der Waals surface area contributed by atoms with Gasteiger partial charge in [0.1, 0.15) is 5.52 Å². The average molecular weight is 350 g/mol. The molecule has 0 saturated heterocycles. The van der Waals surface area contributed by atoms with Gasteiger partial charge in [0, 0.05) is 10.6 Å². The van der Waals surface area contributed by atoms with Gasteiger partial charge < -0.3 is 9.15 Å². The van der Waals surface area contributed by atoms with E-state index >= 15 is 0 Å². The summed E-state index contributed by atoms with van der Waals surface area (Å²) in [5.74, 6) is 0.159. The number of carbonyl (C=O) groups excluding carboxylic acids is 1. The van der Waals surface area contributed by atoms with Gasteiger partial charge in [0.2, 0.25) is 5.89 Å². The lowest BCUT2D eigenvalue weighted by Crippen LogP contribution is -2.07. The molecule has 0 unspecified atom stereocenters. The Morgan fingerprint density at radius 3 is 2.87 bits per heavy atom. The van der Waals surface area contributed by atoms with Crippen molar-refractivity contribution in [2.24, 2.45) is 0 Å². The molecule has 0 aliphatic heterocycles. The Hall–Kier alpha value is -2.04. The van der Waals surface area contributed by atoms with Crippen LogP contribution >= 0.6 is 23.2 Å². The van der Waals surface area contributed by atoms with E-state index in [1.54, 1.807) is 19.1 Å². The maximum Gasteiger partial charge on any atom is 0.310 e. The van der Waals surface area contributed by atoms with E-state index in [1.165, 1.54) is 0 Å². The summed E-state index contributed by atoms with van der Waals surface area (Å²) in [6, 6.07) is 10.7. The topological polar surface area (TPSA) is 52.3 Å². The fourth-order valence-electron chi connectivity index (χ4n) is 2.28. The summed E-state index contributed by atoms with van der Waals surface area (Å²) < 4.78 is 10.7. The Labute approximate surface area is 143 Å². The highest BCUT2D eigenvalue weighted by Crippen LogP contribution is 2.32. The van der Waals surface area contributed by atoms with Gasteiger partial charge in [0.05, 0.1) is 18.1 Å². The second-order valence-electron chi connectivity index (χ2n) is 4.94. The maximum atomic E-state index is 11.6. The highest BCUT2D eigenvalue weighted by atomic mass is 35.5. The van der Waals surface area contributed by atoms with Gasteiger partial charge >= 0.3 is 5.97 Å². The van der Waals surface area contributed by atoms with E-state index in [-0.39, 0.29) is 12.4 Å². The molecule has 6 heteroatoms. The first-order valence-electron chi connectivity index (χ1n) is 7.07. The first-order chi connectivity index (χ1) is 11.1. The fraction of sp³-hybridized carbons (Fsp3) is 0.176. The summed E-state index contributed by atoms with van der Waals surface area (Å²) in [7, 11) is 0. The lowest BCUT2D eigenvalue weighted by Gasteiger charge is -2.03. The molecule has 0 aliphatic rings. The number of hydrogen-bond acceptors (Lipinski definition) is 4. The predicted molar refractivity (Wildman–Crippen MR) is 89.8 cm³/mol. The molecule has 0 saturated carbocycles. The van der Waals surface area contributed by atoms with Crippen LogP contribution in [0.1, 0.15) is 12.5 Å². The van der Waals surface area contributed by atoms with Crippen molar-refractivity contribution in [2.45, 2.75) is 13.3 Å². The standard InChI is InChI=1S/C17H13Cl2NO3/c1-2-22-15(21)7-10-4-3-5-11(6-10)17-20-14-9-12(18)8-13(19)16(14)23-17/h3-6,8-9H,2,7H2,1H3. The number of halogens is 2. The Kier molecular flexibility index (Phi) is 4.55. The van der Waals surface area contributed by atoms with Crippen molar-refractivity contribution < 1.29 is 13.9 Å². The number of fused-ring (bicyclic) bond motifs is 1. The van der Waals surface area contributed by atoms with Crippen molar-refractivity contribution in [3.63, 3.8) is 0 Å². The number of rotatable bonds is 4. The van der Waals surface area contributed by atoms with Crippen LogP contribution in [0.4, 0.5) is 0 Å². The number of esters is 1. The lowest BCUT2D eigenvalue weighted by atomic mass is 10.1. The van der Waals surface area contributed by atoms with Crippen LogP contribution in [-0.2, 0) is 16.0 Å². The van der Waals surface area contributed by atoms with Crippen molar-refractivity contribution in [1.29, 1.82) is 0 Å². The fourth-order valence-corrected chi connectivity index (χ4v) is 2.80. The monoisotopic (exact) mass is 349 g/mol. The molecule has 2 aromatic carbocycles. The molecule has 0 fully saturated rings. The van der Waals surface area contributed by atoms with Crippen LogP contribution in [0.25, 0.3) is 22.6 Å². The molecule has 118 valence electrons. The molecule has 1 heterocycles. The number of nitrogens with zero attached hydrogens (tertiary/aromatic N) is 1. The molecule has 0 amide bonds. The van der Waals surface area contributed by atoms with Crippen LogP contribution in [-0.4, -0.2) is 17.6 Å². The van der Waals surface area contributed by atoms with Crippen LogP contribution in [0.5, 0.6) is 0 Å². The van der Waals surface area contributed by atoms with Gasteiger partial charge in [-0.2, -0.15) is 0 Å². The second-order valence-corrected chi connectivity index (χ2v) is 5.78. The highest BCUT2D eigenvalue weighted by molar-refractivity contribution is 6.38. The summed E-state index contributed by atoms with van der Waals surface area (Å²) in [5, 5.41) is 0.910. The van der Waals surface area contributed by atoms with Crippen LogP contribution in [0.15, 0.2) is 40.8 Å². The number of aromatic nitrogens is 1.